The molecule has 0 aliphatic heterocycles. The van der Waals surface area contributed by atoms with Gasteiger partial charge in [0.25, 0.3) is 3.79 Å². The van der Waals surface area contributed by atoms with Crippen molar-refractivity contribution in [1.82, 2.24) is 0 Å². The minimum Gasteiger partial charge on any atom is -0.431 e. The number of carbonyl (C=O) groups is 1. The van der Waals surface area contributed by atoms with E-state index in [1.807, 2.05) is 0 Å². The van der Waals surface area contributed by atoms with Gasteiger partial charge in [0.1, 0.15) is 0 Å². The van der Waals surface area contributed by atoms with Crippen LogP contribution >= 0.6 is 34.8 Å². The Balaban J connectivity index is 3.96. The summed E-state index contributed by atoms with van der Waals surface area (Å²) in [6.45, 7) is 5.27. The number of rotatable bonds is 2. The van der Waals surface area contributed by atoms with E-state index < -0.39 is 9.76 Å². The van der Waals surface area contributed by atoms with Crippen molar-refractivity contribution in [2.24, 2.45) is 0 Å². The van der Waals surface area contributed by atoms with Crippen molar-refractivity contribution in [1.29, 1.82) is 0 Å². The molecule has 0 fully saturated rings. The van der Waals surface area contributed by atoms with Gasteiger partial charge < -0.3 is 4.74 Å². The molecule has 0 amide bonds. The van der Waals surface area contributed by atoms with Crippen LogP contribution in [0.1, 0.15) is 6.92 Å². The molecule has 0 saturated heterocycles. The molecular weight excluding hydrogens is 222 g/mol. The van der Waals surface area contributed by atoms with Gasteiger partial charge in [-0.1, -0.05) is 47.0 Å². The molecule has 0 aromatic heterocycles. The van der Waals surface area contributed by atoms with E-state index in [1.165, 1.54) is 6.08 Å². The smallest absolute Gasteiger partial charge is 0.363 e. The van der Waals surface area contributed by atoms with E-state index in [4.69, 9.17) is 34.8 Å². The molecule has 0 unspecified atom stereocenters. The van der Waals surface area contributed by atoms with Crippen molar-refractivity contribution in [3.63, 3.8) is 0 Å². The molecule has 0 spiro atoms. The molecular formula is C7H7Cl3O2. The highest BCUT2D eigenvalue weighted by Gasteiger charge is 2.32. The quantitative estimate of drug-likeness (QED) is 0.315. The molecule has 0 bridgehead atoms. The molecule has 0 atom stereocenters. The van der Waals surface area contributed by atoms with Gasteiger partial charge in [0.2, 0.25) is 0 Å². The van der Waals surface area contributed by atoms with Crippen LogP contribution in [0.15, 0.2) is 24.5 Å². The van der Waals surface area contributed by atoms with E-state index >= 15 is 0 Å². The summed E-state index contributed by atoms with van der Waals surface area (Å²) in [5.74, 6) is -0.940. The van der Waals surface area contributed by atoms with Crippen LogP contribution in [0.25, 0.3) is 0 Å². The number of alkyl halides is 3. The fraction of sp³-hybridized carbons (Fsp3) is 0.286. The van der Waals surface area contributed by atoms with Gasteiger partial charge in [0, 0.05) is 0 Å². The highest BCUT2D eigenvalue weighted by molar-refractivity contribution is 6.75. The SMILES string of the molecule is C=C(C)C=COC(=O)C(Cl)(Cl)Cl. The number of allylic oxidation sites excluding steroid dienone is 2. The number of carbonyl (C=O) groups excluding carboxylic acids is 1. The molecule has 0 N–H and O–H groups in total. The maximum Gasteiger partial charge on any atom is 0.363 e. The summed E-state index contributed by atoms with van der Waals surface area (Å²) >= 11 is 15.6. The molecule has 0 aromatic carbocycles. The molecule has 2 nitrogen and oxygen atoms in total. The molecule has 0 radical (unpaired) electrons. The maximum atomic E-state index is 10.7. The normalized spacial score (nSPS) is 11.7. The molecule has 0 rings (SSSR count). The first-order valence-electron chi connectivity index (χ1n) is 2.94. The second kappa shape index (κ2) is 4.75. The molecule has 68 valence electrons. The second-order valence-corrected chi connectivity index (χ2v) is 4.33. The van der Waals surface area contributed by atoms with Crippen LogP contribution in [0.3, 0.4) is 0 Å². The molecule has 12 heavy (non-hydrogen) atoms. The Morgan fingerprint density at radius 3 is 2.33 bits per heavy atom. The van der Waals surface area contributed by atoms with Gasteiger partial charge in [-0.2, -0.15) is 0 Å². The maximum absolute atomic E-state index is 10.7. The predicted molar refractivity (Wildman–Crippen MR) is 50.3 cm³/mol. The van der Waals surface area contributed by atoms with Crippen molar-refractivity contribution >= 4 is 40.8 Å². The fourth-order valence-electron chi connectivity index (χ4n) is 0.279. The predicted octanol–water partition coefficient (Wildman–Crippen LogP) is 2.99. The molecule has 0 saturated carbocycles. The van der Waals surface area contributed by atoms with Gasteiger partial charge in [-0.25, -0.2) is 4.79 Å². The Labute approximate surface area is 85.7 Å². The van der Waals surface area contributed by atoms with Crippen molar-refractivity contribution in [3.05, 3.63) is 24.5 Å². The third kappa shape index (κ3) is 5.47. The Morgan fingerprint density at radius 1 is 1.50 bits per heavy atom. The van der Waals surface area contributed by atoms with E-state index in [1.54, 1.807) is 6.92 Å². The number of esters is 1. The zero-order chi connectivity index (χ0) is 9.78. The topological polar surface area (TPSA) is 26.3 Å². The average molecular weight is 229 g/mol. The van der Waals surface area contributed by atoms with Gasteiger partial charge in [-0.05, 0) is 13.0 Å². The van der Waals surface area contributed by atoms with Crippen LogP contribution in [-0.2, 0) is 9.53 Å². The molecule has 0 aliphatic carbocycles. The van der Waals surface area contributed by atoms with Gasteiger partial charge in [-0.3, -0.25) is 0 Å². The van der Waals surface area contributed by atoms with E-state index in [0.29, 0.717) is 0 Å². The van der Waals surface area contributed by atoms with E-state index in [2.05, 4.69) is 11.3 Å². The third-order valence-electron chi connectivity index (χ3n) is 0.759. The number of halogens is 3. The van der Waals surface area contributed by atoms with Crippen molar-refractivity contribution in [2.45, 2.75) is 10.7 Å². The summed E-state index contributed by atoms with van der Waals surface area (Å²) in [6.07, 6.45) is 2.60. The van der Waals surface area contributed by atoms with Gasteiger partial charge in [0.15, 0.2) is 0 Å². The Kier molecular flexibility index (Phi) is 4.68. The van der Waals surface area contributed by atoms with Gasteiger partial charge in [0.05, 0.1) is 6.26 Å². The zero-order valence-corrected chi connectivity index (χ0v) is 8.58. The summed E-state index contributed by atoms with van der Waals surface area (Å²) in [5.41, 5.74) is 0.729. The first kappa shape index (κ1) is 11.8. The van der Waals surface area contributed by atoms with Gasteiger partial charge >= 0.3 is 5.97 Å². The van der Waals surface area contributed by atoms with Crippen LogP contribution in [0.4, 0.5) is 0 Å². The lowest BCUT2D eigenvalue weighted by molar-refractivity contribution is -0.136. The Morgan fingerprint density at radius 2 is 2.00 bits per heavy atom. The largest absolute Gasteiger partial charge is 0.431 e. The van der Waals surface area contributed by atoms with E-state index in [-0.39, 0.29) is 0 Å². The third-order valence-corrected chi connectivity index (χ3v) is 1.22. The lowest BCUT2D eigenvalue weighted by Gasteiger charge is -2.06. The second-order valence-electron chi connectivity index (χ2n) is 2.05. The summed E-state index contributed by atoms with van der Waals surface area (Å²) < 4.78 is 2.41. The highest BCUT2D eigenvalue weighted by Crippen LogP contribution is 2.27. The first-order valence-corrected chi connectivity index (χ1v) is 4.07. The van der Waals surface area contributed by atoms with E-state index in [9.17, 15) is 4.79 Å². The number of ether oxygens (including phenoxy) is 1. The molecule has 0 aromatic rings. The van der Waals surface area contributed by atoms with Gasteiger partial charge in [-0.15, -0.1) is 0 Å². The highest BCUT2D eigenvalue weighted by atomic mass is 35.6. The molecule has 0 heterocycles. The lowest BCUT2D eigenvalue weighted by Crippen LogP contribution is -2.19. The van der Waals surface area contributed by atoms with Crippen molar-refractivity contribution in [2.75, 3.05) is 0 Å². The van der Waals surface area contributed by atoms with Crippen molar-refractivity contribution in [3.8, 4) is 0 Å². The monoisotopic (exact) mass is 228 g/mol. The van der Waals surface area contributed by atoms with E-state index in [0.717, 1.165) is 11.8 Å². The summed E-state index contributed by atoms with van der Waals surface area (Å²) in [6, 6.07) is 0. The minimum absolute atomic E-state index is 0.729. The first-order chi connectivity index (χ1) is 5.34. The Bertz CT molecular complexity index is 215. The fourth-order valence-corrected chi connectivity index (χ4v) is 0.412. The number of hydrogen-bond acceptors (Lipinski definition) is 2. The van der Waals surface area contributed by atoms with Crippen LogP contribution in [0.5, 0.6) is 0 Å². The van der Waals surface area contributed by atoms with Crippen molar-refractivity contribution < 1.29 is 9.53 Å². The molecule has 0 aliphatic rings. The average Bonchev–Trinajstić information content (AvgIpc) is 1.84. The van der Waals surface area contributed by atoms with Crippen LogP contribution < -0.4 is 0 Å². The zero-order valence-electron chi connectivity index (χ0n) is 6.31. The number of hydrogen-bond donors (Lipinski definition) is 0. The summed E-state index contributed by atoms with van der Waals surface area (Å²) in [7, 11) is 0. The summed E-state index contributed by atoms with van der Waals surface area (Å²) in [5, 5.41) is 0. The minimum atomic E-state index is -2.03. The molecule has 5 heteroatoms. The lowest BCUT2D eigenvalue weighted by atomic mass is 10.3. The van der Waals surface area contributed by atoms with Crippen LogP contribution in [-0.4, -0.2) is 9.76 Å². The van der Waals surface area contributed by atoms with Crippen LogP contribution in [0.2, 0.25) is 0 Å². The standard InChI is InChI=1S/C7H7Cl3O2/c1-5(2)3-4-12-6(11)7(8,9)10/h3-4H,1H2,2H3. The Hall–Kier alpha value is -0.180. The van der Waals surface area contributed by atoms with Crippen LogP contribution in [0, 0.1) is 0 Å². The summed E-state index contributed by atoms with van der Waals surface area (Å²) in [4.78, 5) is 10.7.